The molecule has 2 aromatic rings. The van der Waals surface area contributed by atoms with Gasteiger partial charge in [-0.15, -0.1) is 0 Å². The van der Waals surface area contributed by atoms with Crippen molar-refractivity contribution in [1.29, 1.82) is 0 Å². The first kappa shape index (κ1) is 15.6. The summed E-state index contributed by atoms with van der Waals surface area (Å²) in [7, 11) is 0. The van der Waals surface area contributed by atoms with Crippen LogP contribution in [0.1, 0.15) is 12.7 Å². The molecule has 1 amide bonds. The Hall–Kier alpha value is -1.92. The van der Waals surface area contributed by atoms with Crippen molar-refractivity contribution < 1.29 is 4.79 Å². The van der Waals surface area contributed by atoms with Crippen molar-refractivity contribution in [2.45, 2.75) is 19.4 Å². The maximum absolute atomic E-state index is 11.6. The summed E-state index contributed by atoms with van der Waals surface area (Å²) in [6.07, 6.45) is 0.791. The Morgan fingerprint density at radius 2 is 2.17 bits per heavy atom. The average Bonchev–Trinajstić information content (AvgIpc) is 2.52. The minimum Gasteiger partial charge on any atom is -0.354 e. The van der Waals surface area contributed by atoms with Crippen LogP contribution in [0.25, 0.3) is 10.9 Å². The van der Waals surface area contributed by atoms with Gasteiger partial charge in [0.25, 0.3) is 0 Å². The number of carbonyl (C=O) groups excluding carboxylic acids is 1. The number of nitrogens with one attached hydrogen (secondary N) is 1. The first-order chi connectivity index (χ1) is 11.6. The predicted octanol–water partition coefficient (Wildman–Crippen LogP) is 1.47. The lowest BCUT2D eigenvalue weighted by atomic mass is 10.0. The molecule has 1 N–H and O–H groups in total. The number of anilines is 1. The minimum absolute atomic E-state index is 0.120. The van der Waals surface area contributed by atoms with E-state index in [9.17, 15) is 4.79 Å². The molecule has 2 fully saturated rings. The van der Waals surface area contributed by atoms with E-state index in [1.807, 2.05) is 18.2 Å². The smallest absolute Gasteiger partial charge is 0.234 e. The highest BCUT2D eigenvalue weighted by atomic mass is 35.5. The second kappa shape index (κ2) is 6.18. The molecule has 1 aromatic heterocycles. The van der Waals surface area contributed by atoms with Crippen LogP contribution >= 0.6 is 11.6 Å². The molecule has 0 radical (unpaired) electrons. The van der Waals surface area contributed by atoms with Crippen molar-refractivity contribution in [3.8, 4) is 0 Å². The molecule has 24 heavy (non-hydrogen) atoms. The highest BCUT2D eigenvalue weighted by molar-refractivity contribution is 6.31. The topological polar surface area (TPSA) is 61.4 Å². The standard InChI is InChI=1S/C17H20ClN5O/c1-2-15-20-14-7-11(18)3-4-13(14)17(21-15)23-8-12(9-23)22-6-5-19-16(24)10-22/h3-4,7,12H,2,5-6,8-10H2,1H3,(H,19,24). The Balaban J connectivity index is 1.58. The fourth-order valence-electron chi connectivity index (χ4n) is 3.36. The lowest BCUT2D eigenvalue weighted by molar-refractivity contribution is -0.125. The molecular weight excluding hydrogens is 326 g/mol. The summed E-state index contributed by atoms with van der Waals surface area (Å²) in [5.41, 5.74) is 0.894. The van der Waals surface area contributed by atoms with Gasteiger partial charge in [-0.25, -0.2) is 9.97 Å². The number of aryl methyl sites for hydroxylation is 1. The molecule has 0 aliphatic carbocycles. The van der Waals surface area contributed by atoms with Gasteiger partial charge in [0, 0.05) is 49.1 Å². The van der Waals surface area contributed by atoms with Gasteiger partial charge in [0.1, 0.15) is 11.6 Å². The van der Waals surface area contributed by atoms with Crippen molar-refractivity contribution >= 4 is 34.2 Å². The van der Waals surface area contributed by atoms with Gasteiger partial charge in [-0.3, -0.25) is 9.69 Å². The van der Waals surface area contributed by atoms with Crippen molar-refractivity contribution in [3.63, 3.8) is 0 Å². The van der Waals surface area contributed by atoms with E-state index in [0.717, 1.165) is 55.1 Å². The van der Waals surface area contributed by atoms with E-state index in [0.29, 0.717) is 17.6 Å². The zero-order valence-electron chi connectivity index (χ0n) is 13.6. The van der Waals surface area contributed by atoms with Crippen LogP contribution in [-0.2, 0) is 11.2 Å². The fourth-order valence-corrected chi connectivity index (χ4v) is 3.53. The number of hydrogen-bond acceptors (Lipinski definition) is 5. The highest BCUT2D eigenvalue weighted by Crippen LogP contribution is 2.30. The van der Waals surface area contributed by atoms with E-state index in [2.05, 4.69) is 27.0 Å². The fraction of sp³-hybridized carbons (Fsp3) is 0.471. The molecule has 126 valence electrons. The molecule has 2 aliphatic heterocycles. The van der Waals surface area contributed by atoms with Crippen molar-refractivity contribution in [1.82, 2.24) is 20.2 Å². The van der Waals surface area contributed by atoms with Crippen LogP contribution in [0.15, 0.2) is 18.2 Å². The van der Waals surface area contributed by atoms with Crippen molar-refractivity contribution in [2.75, 3.05) is 37.6 Å². The summed E-state index contributed by atoms with van der Waals surface area (Å²) in [6, 6.07) is 6.19. The molecule has 7 heteroatoms. The Bertz CT molecular complexity index is 790. The summed E-state index contributed by atoms with van der Waals surface area (Å²) in [6.45, 7) is 6.00. The Morgan fingerprint density at radius 3 is 2.92 bits per heavy atom. The maximum atomic E-state index is 11.6. The van der Waals surface area contributed by atoms with E-state index in [1.54, 1.807) is 0 Å². The van der Waals surface area contributed by atoms with E-state index in [-0.39, 0.29) is 5.91 Å². The van der Waals surface area contributed by atoms with E-state index >= 15 is 0 Å². The quantitative estimate of drug-likeness (QED) is 0.912. The number of halogens is 1. The number of rotatable bonds is 3. The number of carbonyl (C=O) groups is 1. The average molecular weight is 346 g/mol. The number of hydrogen-bond donors (Lipinski definition) is 1. The van der Waals surface area contributed by atoms with Crippen LogP contribution < -0.4 is 10.2 Å². The number of nitrogens with zero attached hydrogens (tertiary/aromatic N) is 4. The van der Waals surface area contributed by atoms with Crippen LogP contribution in [0.5, 0.6) is 0 Å². The van der Waals surface area contributed by atoms with E-state index in [4.69, 9.17) is 16.6 Å². The molecule has 2 aliphatic rings. The number of fused-ring (bicyclic) bond motifs is 1. The first-order valence-electron chi connectivity index (χ1n) is 8.36. The molecule has 4 rings (SSSR count). The summed E-state index contributed by atoms with van der Waals surface area (Å²) in [5, 5.41) is 4.60. The van der Waals surface area contributed by atoms with Crippen molar-refractivity contribution in [2.24, 2.45) is 0 Å². The van der Waals surface area contributed by atoms with Gasteiger partial charge in [-0.1, -0.05) is 18.5 Å². The molecule has 0 atom stereocenters. The summed E-state index contributed by atoms with van der Waals surface area (Å²) < 4.78 is 0. The molecule has 0 bridgehead atoms. The van der Waals surface area contributed by atoms with Crippen LogP contribution in [0.3, 0.4) is 0 Å². The van der Waals surface area contributed by atoms with Crippen molar-refractivity contribution in [3.05, 3.63) is 29.0 Å². The molecule has 3 heterocycles. The zero-order chi connectivity index (χ0) is 16.7. The third-order valence-electron chi connectivity index (χ3n) is 4.75. The Labute approximate surface area is 145 Å². The minimum atomic E-state index is 0.120. The molecule has 2 saturated heterocycles. The molecule has 0 saturated carbocycles. The van der Waals surface area contributed by atoms with E-state index < -0.39 is 0 Å². The van der Waals surface area contributed by atoms with E-state index in [1.165, 1.54) is 0 Å². The number of aromatic nitrogens is 2. The van der Waals surface area contributed by atoms with Crippen LogP contribution in [0.4, 0.5) is 5.82 Å². The van der Waals surface area contributed by atoms with Gasteiger partial charge in [-0.2, -0.15) is 0 Å². The van der Waals surface area contributed by atoms with Gasteiger partial charge in [0.05, 0.1) is 12.1 Å². The molecule has 1 aromatic carbocycles. The Morgan fingerprint density at radius 1 is 1.33 bits per heavy atom. The second-order valence-electron chi connectivity index (χ2n) is 6.36. The lowest BCUT2D eigenvalue weighted by Crippen LogP contribution is -2.64. The summed E-state index contributed by atoms with van der Waals surface area (Å²) in [4.78, 5) is 25.4. The monoisotopic (exact) mass is 345 g/mol. The zero-order valence-corrected chi connectivity index (χ0v) is 14.4. The number of amides is 1. The van der Waals surface area contributed by atoms with Gasteiger partial charge in [0.15, 0.2) is 0 Å². The Kier molecular flexibility index (Phi) is 4.02. The van der Waals surface area contributed by atoms with Gasteiger partial charge in [-0.05, 0) is 18.2 Å². The van der Waals surface area contributed by atoms with Crippen LogP contribution in [0.2, 0.25) is 5.02 Å². The second-order valence-corrected chi connectivity index (χ2v) is 6.79. The third-order valence-corrected chi connectivity index (χ3v) is 4.98. The molecule has 6 nitrogen and oxygen atoms in total. The molecule has 0 spiro atoms. The summed E-state index contributed by atoms with van der Waals surface area (Å²) in [5.74, 6) is 1.93. The third kappa shape index (κ3) is 2.80. The number of benzene rings is 1. The SMILES string of the molecule is CCc1nc(N2CC(N3CCNC(=O)C3)C2)c2ccc(Cl)cc2n1. The molecular formula is C17H20ClN5O. The lowest BCUT2D eigenvalue weighted by Gasteiger charge is -2.47. The first-order valence-corrected chi connectivity index (χ1v) is 8.73. The van der Waals surface area contributed by atoms with Crippen LogP contribution in [-0.4, -0.2) is 59.5 Å². The van der Waals surface area contributed by atoms with Gasteiger partial charge >= 0.3 is 0 Å². The number of piperazine rings is 1. The largest absolute Gasteiger partial charge is 0.354 e. The predicted molar refractivity (Wildman–Crippen MR) is 94.5 cm³/mol. The normalized spacial score (nSPS) is 19.4. The van der Waals surface area contributed by atoms with Gasteiger partial charge < -0.3 is 10.2 Å². The maximum Gasteiger partial charge on any atom is 0.234 e. The highest BCUT2D eigenvalue weighted by Gasteiger charge is 2.35. The van der Waals surface area contributed by atoms with Crippen LogP contribution in [0, 0.1) is 0 Å². The van der Waals surface area contributed by atoms with Gasteiger partial charge in [0.2, 0.25) is 5.91 Å². The molecule has 0 unspecified atom stereocenters. The summed E-state index contributed by atoms with van der Waals surface area (Å²) >= 11 is 6.11.